The van der Waals surface area contributed by atoms with Crippen molar-refractivity contribution < 1.29 is 105 Å². The van der Waals surface area contributed by atoms with Crippen LogP contribution in [0.4, 0.5) is 58.4 Å². The lowest BCUT2D eigenvalue weighted by Gasteiger charge is -2.29. The van der Waals surface area contributed by atoms with Crippen LogP contribution in [0.15, 0.2) is 131 Å². The lowest BCUT2D eigenvalue weighted by Crippen LogP contribution is -2.27. The SMILES string of the molecule is COC(=O)C1=C(C)/C(=C(\c2c(OC)cc(OC(=O)Cc3ccc(N(C)C(=O)c4cc(-c5cc(C(F)(F)F)cc(C(F)(F)F)c5)c5c6c(c(-c7cc(C(F)(F)F)cc(C(F)(F)F)c7)cc(C=O)c46)-c4ccccc4O5)cc3)cc2OC)c2c(C)c(C(=O)OC)c(C(C)C)n2B(C#N)C#N)N=C1C(C)C. The van der Waals surface area contributed by atoms with E-state index in [0.29, 0.717) is 30.0 Å². The minimum Gasteiger partial charge on any atom is -0.496 e. The standard InChI is InChI=1S/C74H56BF12N5O11/c1-34(2)63-56(69(96)100-10)36(5)64(90-63)62(66-37(6)57(70(97)101-11)65(35(3)4)92(66)75(32-88)33-89)60-53(98-8)28-47(29-54(60)99-9)102-55(94)20-38-16-18-46(19-17-38)91(7)68(95)51-30-50(40-23-44(73(82,83)84)27-45(24-40)74(85,86)87)67-61-58(51)41(31-93)25-49(59(61)48-14-12-13-15-52(48)103-67)39-21-42(71(76,77)78)26-43(22-39)72(79,80)81/h12-19,21-31,34-35H,20H2,1-11H3/b64-62-. The van der Waals surface area contributed by atoms with Gasteiger partial charge >= 0.3 is 49.5 Å². The van der Waals surface area contributed by atoms with E-state index in [1.54, 1.807) is 41.5 Å². The smallest absolute Gasteiger partial charge is 0.496 e. The Kier molecular flexibility index (Phi) is 19.9. The van der Waals surface area contributed by atoms with E-state index in [1.807, 2.05) is 11.9 Å². The highest BCUT2D eigenvalue weighted by atomic mass is 19.4. The van der Waals surface area contributed by atoms with E-state index in [2.05, 4.69) is 0 Å². The van der Waals surface area contributed by atoms with Gasteiger partial charge < -0.3 is 37.8 Å². The lowest BCUT2D eigenvalue weighted by molar-refractivity contribution is -0.144. The minimum absolute atomic E-state index is 0.0106. The van der Waals surface area contributed by atoms with E-state index in [1.165, 1.54) is 93.5 Å². The van der Waals surface area contributed by atoms with Gasteiger partial charge in [-0.15, -0.1) is 0 Å². The van der Waals surface area contributed by atoms with Crippen molar-refractivity contribution in [3.8, 4) is 74.1 Å². The van der Waals surface area contributed by atoms with Crippen LogP contribution in [-0.4, -0.2) is 82.6 Å². The zero-order chi connectivity index (χ0) is 75.6. The van der Waals surface area contributed by atoms with Crippen molar-refractivity contribution in [1.82, 2.24) is 4.48 Å². The zero-order valence-corrected chi connectivity index (χ0v) is 56.2. The molecular weight excluding hydrogens is 1370 g/mol. The monoisotopic (exact) mass is 1430 g/mol. The molecule has 0 aliphatic carbocycles. The van der Waals surface area contributed by atoms with Crippen molar-refractivity contribution in [3.05, 3.63) is 193 Å². The summed E-state index contributed by atoms with van der Waals surface area (Å²) in [5.74, 6) is -1.72. The van der Waals surface area contributed by atoms with Gasteiger partial charge in [-0.1, -0.05) is 58.0 Å². The Morgan fingerprint density at radius 1 is 0.650 bits per heavy atom. The average Bonchev–Trinajstić information content (AvgIpc) is 1.10. The molecule has 7 aromatic carbocycles. The Balaban J connectivity index is 1.09. The van der Waals surface area contributed by atoms with Gasteiger partial charge in [-0.3, -0.25) is 19.4 Å². The Hall–Kier alpha value is -11.6. The maximum absolute atomic E-state index is 15.4. The fourth-order valence-corrected chi connectivity index (χ4v) is 12.8. The molecule has 0 fully saturated rings. The second kappa shape index (κ2) is 27.7. The molecule has 0 spiro atoms. The Labute approximate surface area is 579 Å². The number of methoxy groups -OCH3 is 4. The molecule has 0 unspecified atom stereocenters. The molecule has 530 valence electrons. The second-order valence-electron chi connectivity index (χ2n) is 24.4. The first-order valence-corrected chi connectivity index (χ1v) is 31.0. The van der Waals surface area contributed by atoms with Crippen LogP contribution >= 0.6 is 0 Å². The molecule has 2 aliphatic heterocycles. The first-order chi connectivity index (χ1) is 48.4. The number of benzene rings is 7. The van der Waals surface area contributed by atoms with Crippen LogP contribution < -0.4 is 23.8 Å². The number of ether oxygens (including phenoxy) is 6. The molecular formula is C74H56BF12N5O11. The molecule has 0 N–H and O–H groups in total. The first kappa shape index (κ1) is 74.1. The van der Waals surface area contributed by atoms with E-state index >= 15 is 4.79 Å². The summed E-state index contributed by atoms with van der Waals surface area (Å²) in [5.41, 5.74) is -10.0. The van der Waals surface area contributed by atoms with Crippen molar-refractivity contribution in [3.63, 3.8) is 0 Å². The Bertz CT molecular complexity index is 4980. The number of carbonyl (C=O) groups is 5. The van der Waals surface area contributed by atoms with E-state index in [4.69, 9.17) is 33.4 Å². The van der Waals surface area contributed by atoms with Crippen LogP contribution in [0.3, 0.4) is 0 Å². The summed E-state index contributed by atoms with van der Waals surface area (Å²) in [4.78, 5) is 76.3. The van der Waals surface area contributed by atoms with Gasteiger partial charge in [0.15, 0.2) is 6.29 Å². The molecule has 10 rings (SSSR count). The van der Waals surface area contributed by atoms with Gasteiger partial charge in [-0.25, -0.2) is 20.1 Å². The largest absolute Gasteiger partial charge is 0.496 e. The van der Waals surface area contributed by atoms with E-state index in [0.717, 1.165) is 24.1 Å². The number of alkyl halides is 12. The predicted molar refractivity (Wildman–Crippen MR) is 354 cm³/mol. The molecule has 3 heterocycles. The number of para-hydroxylation sites is 1. The summed E-state index contributed by atoms with van der Waals surface area (Å²) in [6.07, 6.45) is -22.1. The zero-order valence-electron chi connectivity index (χ0n) is 56.2. The van der Waals surface area contributed by atoms with Crippen molar-refractivity contribution in [2.75, 3.05) is 40.4 Å². The minimum atomic E-state index is -5.45. The van der Waals surface area contributed by atoms with Crippen LogP contribution in [0.1, 0.15) is 122 Å². The number of aldehydes is 1. The average molecular weight is 1430 g/mol. The van der Waals surface area contributed by atoms with Crippen LogP contribution in [-0.2, 0) is 50.2 Å². The first-order valence-electron chi connectivity index (χ1n) is 31.0. The molecule has 0 saturated carbocycles. The summed E-state index contributed by atoms with van der Waals surface area (Å²) in [5, 5.41) is 20.3. The number of carbonyl (C=O) groups excluding carboxylic acids is 5. The van der Waals surface area contributed by atoms with E-state index < -0.39 is 146 Å². The number of allylic oxidation sites excluding steroid dienone is 1. The van der Waals surface area contributed by atoms with Gasteiger partial charge in [0.25, 0.3) is 5.91 Å². The van der Waals surface area contributed by atoms with Crippen molar-refractivity contribution in [2.24, 2.45) is 10.9 Å². The van der Waals surface area contributed by atoms with Crippen LogP contribution in [0.2, 0.25) is 0 Å². The van der Waals surface area contributed by atoms with Gasteiger partial charge in [0.05, 0.1) is 97.2 Å². The van der Waals surface area contributed by atoms with E-state index in [9.17, 15) is 82.4 Å². The predicted octanol–water partition coefficient (Wildman–Crippen LogP) is 17.6. The van der Waals surface area contributed by atoms with Crippen LogP contribution in [0, 0.1) is 35.3 Å². The summed E-state index contributed by atoms with van der Waals surface area (Å²) < 4.78 is 211. The highest BCUT2D eigenvalue weighted by Crippen LogP contribution is 2.57. The number of halogens is 12. The summed E-state index contributed by atoms with van der Waals surface area (Å²) in [6, 6.07) is 16.1. The number of anilines is 1. The molecule has 29 heteroatoms. The number of esters is 3. The molecule has 0 bridgehead atoms. The van der Waals surface area contributed by atoms with Crippen molar-refractivity contribution >= 4 is 64.7 Å². The number of aromatic nitrogens is 1. The third kappa shape index (κ3) is 13.7. The third-order valence-corrected chi connectivity index (χ3v) is 17.4. The van der Waals surface area contributed by atoms with Gasteiger partial charge in [0.2, 0.25) is 0 Å². The molecule has 103 heavy (non-hydrogen) atoms. The number of nitriles is 2. The molecule has 8 aromatic rings. The quantitative estimate of drug-likeness (QED) is 0.0273. The second-order valence-corrected chi connectivity index (χ2v) is 24.4. The highest BCUT2D eigenvalue weighted by molar-refractivity contribution is 6.73. The van der Waals surface area contributed by atoms with Crippen LogP contribution in [0.25, 0.3) is 49.7 Å². The molecule has 1 aromatic heterocycles. The number of aliphatic imine (C=N–C) groups is 1. The van der Waals surface area contributed by atoms with Crippen LogP contribution in [0.5, 0.6) is 28.7 Å². The van der Waals surface area contributed by atoms with Gasteiger partial charge in [0.1, 0.15) is 28.7 Å². The molecule has 16 nitrogen and oxygen atoms in total. The fraction of sp³-hybridized carbons (Fsp3) is 0.243. The normalized spacial score (nSPS) is 13.4. The molecule has 2 aliphatic rings. The number of rotatable bonds is 17. The number of amides is 1. The Morgan fingerprint density at radius 3 is 1.65 bits per heavy atom. The Morgan fingerprint density at radius 2 is 1.17 bits per heavy atom. The van der Waals surface area contributed by atoms with Crippen molar-refractivity contribution in [1.29, 1.82) is 10.5 Å². The highest BCUT2D eigenvalue weighted by Gasteiger charge is 2.44. The third-order valence-electron chi connectivity index (χ3n) is 17.4. The summed E-state index contributed by atoms with van der Waals surface area (Å²) in [6.45, 7) is 8.64. The topological polar surface area (TPSA) is 209 Å². The van der Waals surface area contributed by atoms with Gasteiger partial charge in [-0.2, -0.15) is 52.7 Å². The molecule has 1 amide bonds. The van der Waals surface area contributed by atoms with E-state index in [-0.39, 0.29) is 114 Å². The molecule has 0 saturated heterocycles. The lowest BCUT2D eigenvalue weighted by atomic mass is 9.65. The molecule has 0 atom stereocenters. The fourth-order valence-electron chi connectivity index (χ4n) is 12.8. The van der Waals surface area contributed by atoms with Gasteiger partial charge in [0, 0.05) is 80.4 Å². The maximum Gasteiger partial charge on any atom is 0.496 e. The number of fused-ring (bicyclic) bond motifs is 2. The number of nitrogens with zero attached hydrogens (tertiary/aromatic N) is 5. The number of hydrogen-bond acceptors (Lipinski definition) is 14. The molecule has 0 radical (unpaired) electrons. The summed E-state index contributed by atoms with van der Waals surface area (Å²) in [7, 11) is 6.08. The maximum atomic E-state index is 15.4. The number of hydrogen-bond donors (Lipinski definition) is 0. The van der Waals surface area contributed by atoms with Gasteiger partial charge in [-0.05, 0) is 126 Å². The van der Waals surface area contributed by atoms with Crippen molar-refractivity contribution in [2.45, 2.75) is 78.6 Å². The summed E-state index contributed by atoms with van der Waals surface area (Å²) >= 11 is 0.